The third kappa shape index (κ3) is 5.29. The number of carbonyl (C=O) groups is 2. The van der Waals surface area contributed by atoms with E-state index in [1.54, 1.807) is 31.2 Å². The second-order valence-corrected chi connectivity index (χ2v) is 5.14. The van der Waals surface area contributed by atoms with E-state index in [2.05, 4.69) is 10.4 Å². The predicted molar refractivity (Wildman–Crippen MR) is 90.7 cm³/mol. The summed E-state index contributed by atoms with van der Waals surface area (Å²) in [5.41, 5.74) is 11.6. The first-order valence-corrected chi connectivity index (χ1v) is 6.92. The number of nitrogens with two attached hydrogens (primary N) is 4. The number of nitrogens with zero attached hydrogens (tertiary/aromatic N) is 2. The number of amidine groups is 1. The summed E-state index contributed by atoms with van der Waals surface area (Å²) in [5.74, 6) is 10.1. The summed E-state index contributed by atoms with van der Waals surface area (Å²) >= 11 is 4.85. The zero-order valence-electron chi connectivity index (χ0n) is 12.5. The topological polar surface area (TPSA) is 166 Å². The average Bonchev–Trinajstić information content (AvgIpc) is 2.53. The van der Waals surface area contributed by atoms with E-state index in [-0.39, 0.29) is 4.99 Å². The second kappa shape index (κ2) is 8.17. The highest BCUT2D eigenvalue weighted by Gasteiger charge is 2.18. The molecule has 10 heteroatoms. The lowest BCUT2D eigenvalue weighted by Gasteiger charge is -2.17. The molecule has 1 unspecified atom stereocenters. The molecule has 1 rings (SSSR count). The van der Waals surface area contributed by atoms with Gasteiger partial charge in [0.05, 0.1) is 6.54 Å². The van der Waals surface area contributed by atoms with E-state index in [0.29, 0.717) is 17.9 Å². The highest BCUT2D eigenvalue weighted by molar-refractivity contribution is 7.80. The van der Waals surface area contributed by atoms with Crippen molar-refractivity contribution in [2.75, 3.05) is 0 Å². The minimum Gasteiger partial charge on any atom is -0.368 e. The maximum atomic E-state index is 12.0. The third-order valence-corrected chi connectivity index (χ3v) is 3.35. The zero-order chi connectivity index (χ0) is 17.6. The van der Waals surface area contributed by atoms with Crippen molar-refractivity contribution in [1.82, 2.24) is 10.3 Å². The van der Waals surface area contributed by atoms with Crippen LogP contribution in [0.25, 0.3) is 0 Å². The number of rotatable bonds is 5. The number of primary amides is 1. The Kier molecular flexibility index (Phi) is 6.57. The fourth-order valence-electron chi connectivity index (χ4n) is 1.54. The normalized spacial score (nSPS) is 12.4. The Hall–Kier alpha value is -2.56. The molecule has 9 N–H and O–H groups in total. The number of hydrogen-bond donors (Lipinski definition) is 5. The van der Waals surface area contributed by atoms with Gasteiger partial charge in [0.15, 0.2) is 0 Å². The number of hydrazone groups is 1. The SMILES string of the molecule is CC(=NN)N(N)Cc1ccc(C(=O)NC(=S)C(N)C(N)=O)cc1. The maximum absolute atomic E-state index is 12.0. The van der Waals surface area contributed by atoms with Crippen LogP contribution in [0.1, 0.15) is 22.8 Å². The van der Waals surface area contributed by atoms with Gasteiger partial charge in [-0.1, -0.05) is 24.4 Å². The highest BCUT2D eigenvalue weighted by Crippen LogP contribution is 2.07. The Balaban J connectivity index is 2.71. The minimum absolute atomic E-state index is 0.130. The van der Waals surface area contributed by atoms with Gasteiger partial charge >= 0.3 is 0 Å². The lowest BCUT2D eigenvalue weighted by atomic mass is 10.1. The molecule has 0 aliphatic heterocycles. The molecule has 0 radical (unpaired) electrons. The molecule has 0 aliphatic carbocycles. The lowest BCUT2D eigenvalue weighted by molar-refractivity contribution is -0.117. The van der Waals surface area contributed by atoms with E-state index in [1.807, 2.05) is 0 Å². The van der Waals surface area contributed by atoms with Crippen LogP contribution >= 0.6 is 12.2 Å². The van der Waals surface area contributed by atoms with E-state index in [4.69, 9.17) is 35.4 Å². The Labute approximate surface area is 138 Å². The van der Waals surface area contributed by atoms with E-state index in [9.17, 15) is 9.59 Å². The standard InChI is InChI=1S/C13H19N7O2S/c1-7(19-16)20(17)6-8-2-4-9(5-3-8)12(22)18-13(23)10(14)11(15)21/h2-5,10H,6,14,16-17H2,1H3,(H2,15,21)(H,18,22,23). The molecule has 1 aromatic carbocycles. The van der Waals surface area contributed by atoms with Crippen molar-refractivity contribution in [2.45, 2.75) is 19.5 Å². The van der Waals surface area contributed by atoms with Crippen LogP contribution in [0.2, 0.25) is 0 Å². The number of hydrogen-bond acceptors (Lipinski definition) is 7. The van der Waals surface area contributed by atoms with Gasteiger partial charge in [0.25, 0.3) is 5.91 Å². The van der Waals surface area contributed by atoms with Crippen LogP contribution in [-0.4, -0.2) is 33.7 Å². The molecule has 0 heterocycles. The highest BCUT2D eigenvalue weighted by atomic mass is 32.1. The van der Waals surface area contributed by atoms with Crippen LogP contribution < -0.4 is 28.5 Å². The first-order valence-electron chi connectivity index (χ1n) is 6.52. The smallest absolute Gasteiger partial charge is 0.256 e. The molecular formula is C13H19N7O2S. The van der Waals surface area contributed by atoms with Gasteiger partial charge in [-0.2, -0.15) is 5.10 Å². The van der Waals surface area contributed by atoms with Crippen LogP contribution in [-0.2, 0) is 11.3 Å². The summed E-state index contributed by atoms with van der Waals surface area (Å²) in [6, 6.07) is 5.40. The summed E-state index contributed by atoms with van der Waals surface area (Å²) in [7, 11) is 0. The summed E-state index contributed by atoms with van der Waals surface area (Å²) in [4.78, 5) is 22.8. The fraction of sp³-hybridized carbons (Fsp3) is 0.231. The molecule has 0 saturated carbocycles. The number of nitrogens with one attached hydrogen (secondary N) is 1. The van der Waals surface area contributed by atoms with Crippen LogP contribution in [0, 0.1) is 0 Å². The summed E-state index contributed by atoms with van der Waals surface area (Å²) in [6.07, 6.45) is 0. The summed E-state index contributed by atoms with van der Waals surface area (Å²) < 4.78 is 0. The van der Waals surface area contributed by atoms with Gasteiger partial charge in [-0.15, -0.1) is 0 Å². The second-order valence-electron chi connectivity index (χ2n) is 4.70. The van der Waals surface area contributed by atoms with Gasteiger partial charge in [-0.05, 0) is 24.6 Å². The molecule has 0 aliphatic rings. The molecular weight excluding hydrogens is 318 g/mol. The Bertz CT molecular complexity index is 630. The van der Waals surface area contributed by atoms with Crippen molar-refractivity contribution >= 4 is 34.9 Å². The zero-order valence-corrected chi connectivity index (χ0v) is 13.3. The van der Waals surface area contributed by atoms with Gasteiger partial charge in [0.1, 0.15) is 16.9 Å². The predicted octanol–water partition coefficient (Wildman–Crippen LogP) is -1.48. The molecule has 0 spiro atoms. The molecule has 9 nitrogen and oxygen atoms in total. The molecule has 0 bridgehead atoms. The lowest BCUT2D eigenvalue weighted by Crippen LogP contribution is -2.49. The third-order valence-electron chi connectivity index (χ3n) is 3.00. The summed E-state index contributed by atoms with van der Waals surface area (Å²) in [5, 5.41) is 7.22. The van der Waals surface area contributed by atoms with Crippen LogP contribution in [0.4, 0.5) is 0 Å². The Morgan fingerprint density at radius 2 is 1.91 bits per heavy atom. The maximum Gasteiger partial charge on any atom is 0.256 e. The van der Waals surface area contributed by atoms with Crippen molar-refractivity contribution in [3.05, 3.63) is 35.4 Å². The molecule has 0 saturated heterocycles. The molecule has 1 aromatic rings. The van der Waals surface area contributed by atoms with Gasteiger partial charge in [0, 0.05) is 5.56 Å². The van der Waals surface area contributed by atoms with Crippen molar-refractivity contribution < 1.29 is 9.59 Å². The molecule has 2 amide bonds. The quantitative estimate of drug-likeness (QED) is 0.144. The van der Waals surface area contributed by atoms with Crippen molar-refractivity contribution in [3.8, 4) is 0 Å². The molecule has 0 fully saturated rings. The molecule has 23 heavy (non-hydrogen) atoms. The summed E-state index contributed by atoms with van der Waals surface area (Å²) in [6.45, 7) is 2.05. The van der Waals surface area contributed by atoms with Gasteiger partial charge < -0.3 is 22.6 Å². The number of thiocarbonyl (C=S) groups is 1. The van der Waals surface area contributed by atoms with E-state index in [0.717, 1.165) is 5.56 Å². The van der Waals surface area contributed by atoms with Crippen LogP contribution in [0.15, 0.2) is 29.4 Å². The number of hydrazine groups is 1. The molecule has 1 atom stereocenters. The van der Waals surface area contributed by atoms with Crippen molar-refractivity contribution in [1.29, 1.82) is 0 Å². The van der Waals surface area contributed by atoms with Crippen molar-refractivity contribution in [2.24, 2.45) is 28.3 Å². The number of carbonyl (C=O) groups excluding carboxylic acids is 2. The van der Waals surface area contributed by atoms with Crippen LogP contribution in [0.3, 0.4) is 0 Å². The molecule has 124 valence electrons. The van der Waals surface area contributed by atoms with Crippen molar-refractivity contribution in [3.63, 3.8) is 0 Å². The van der Waals surface area contributed by atoms with Gasteiger partial charge in [-0.25, -0.2) is 5.84 Å². The Morgan fingerprint density at radius 3 is 2.39 bits per heavy atom. The number of amides is 2. The fourth-order valence-corrected chi connectivity index (χ4v) is 1.75. The van der Waals surface area contributed by atoms with E-state index in [1.165, 1.54) is 5.01 Å². The van der Waals surface area contributed by atoms with E-state index < -0.39 is 17.9 Å². The van der Waals surface area contributed by atoms with Gasteiger partial charge in [0.2, 0.25) is 5.91 Å². The Morgan fingerprint density at radius 1 is 1.35 bits per heavy atom. The first-order chi connectivity index (χ1) is 10.8. The van der Waals surface area contributed by atoms with Gasteiger partial charge in [-0.3, -0.25) is 14.6 Å². The average molecular weight is 337 g/mol. The van der Waals surface area contributed by atoms with Crippen LogP contribution in [0.5, 0.6) is 0 Å². The first kappa shape index (κ1) is 18.5. The number of benzene rings is 1. The van der Waals surface area contributed by atoms with E-state index >= 15 is 0 Å². The monoisotopic (exact) mass is 337 g/mol. The largest absolute Gasteiger partial charge is 0.368 e. The minimum atomic E-state index is -1.21. The molecule has 0 aromatic heterocycles.